The molecule has 6 heteroatoms. The van der Waals surface area contributed by atoms with Crippen LogP contribution >= 0.6 is 0 Å². The summed E-state index contributed by atoms with van der Waals surface area (Å²) >= 11 is 0. The van der Waals surface area contributed by atoms with E-state index in [0.717, 1.165) is 0 Å². The molecule has 2 heterocycles. The molecule has 2 aliphatic heterocycles. The molecule has 104 valence electrons. The van der Waals surface area contributed by atoms with Crippen LogP contribution in [0.2, 0.25) is 19.6 Å². The van der Waals surface area contributed by atoms with Crippen LogP contribution in [0.15, 0.2) is 0 Å². The molecular formula is C12H23NO4Si. The second-order valence-electron chi connectivity index (χ2n) is 6.18. The topological polar surface area (TPSA) is 48.0 Å². The smallest absolute Gasteiger partial charge is 0.215 e. The molecule has 0 saturated carbocycles. The number of nitrogens with zero attached hydrogens (tertiary/aromatic N) is 1. The Hall–Kier alpha value is -0.273. The SMILES string of the molecule is CCC(=O)C1(C)OCC2CON(O[Si](C)(C)C)C21. The zero-order valence-corrected chi connectivity index (χ0v) is 12.9. The number of carbonyl (C=O) groups is 1. The predicted octanol–water partition coefficient (Wildman–Crippen LogP) is 1.75. The van der Waals surface area contributed by atoms with E-state index in [9.17, 15) is 4.79 Å². The van der Waals surface area contributed by atoms with Gasteiger partial charge in [0.25, 0.3) is 0 Å². The minimum atomic E-state index is -1.76. The molecule has 0 amide bonds. The van der Waals surface area contributed by atoms with Crippen LogP contribution in [0.4, 0.5) is 0 Å². The van der Waals surface area contributed by atoms with Gasteiger partial charge in [-0.15, -0.1) is 0 Å². The van der Waals surface area contributed by atoms with Gasteiger partial charge >= 0.3 is 0 Å². The fourth-order valence-corrected chi connectivity index (χ4v) is 3.32. The van der Waals surface area contributed by atoms with E-state index in [4.69, 9.17) is 14.1 Å². The summed E-state index contributed by atoms with van der Waals surface area (Å²) in [5, 5.41) is 1.55. The highest BCUT2D eigenvalue weighted by Crippen LogP contribution is 2.40. The van der Waals surface area contributed by atoms with Crippen LogP contribution in [-0.4, -0.2) is 44.2 Å². The van der Waals surface area contributed by atoms with Gasteiger partial charge in [0.05, 0.1) is 13.2 Å². The third-order valence-electron chi connectivity index (χ3n) is 3.49. The highest BCUT2D eigenvalue weighted by atomic mass is 28.4. The van der Waals surface area contributed by atoms with E-state index < -0.39 is 13.9 Å². The van der Waals surface area contributed by atoms with Gasteiger partial charge in [0, 0.05) is 12.3 Å². The minimum absolute atomic E-state index is 0.114. The van der Waals surface area contributed by atoms with Crippen molar-refractivity contribution in [1.29, 1.82) is 0 Å². The molecule has 0 N–H and O–H groups in total. The van der Waals surface area contributed by atoms with E-state index in [1.165, 1.54) is 0 Å². The first-order valence-electron chi connectivity index (χ1n) is 6.56. The second-order valence-corrected chi connectivity index (χ2v) is 10.6. The molecule has 2 saturated heterocycles. The molecule has 0 radical (unpaired) electrons. The number of carbonyl (C=O) groups excluding carboxylic acids is 1. The predicted molar refractivity (Wildman–Crippen MR) is 69.2 cm³/mol. The maximum atomic E-state index is 12.1. The second kappa shape index (κ2) is 4.68. The molecule has 2 rings (SSSR count). The molecule has 0 bridgehead atoms. The Morgan fingerprint density at radius 1 is 1.44 bits per heavy atom. The molecule has 2 aliphatic rings. The Morgan fingerprint density at radius 3 is 2.67 bits per heavy atom. The highest BCUT2D eigenvalue weighted by Gasteiger charge is 2.58. The van der Waals surface area contributed by atoms with Crippen LogP contribution in [0.5, 0.6) is 0 Å². The van der Waals surface area contributed by atoms with Crippen molar-refractivity contribution >= 4 is 14.1 Å². The number of rotatable bonds is 4. The van der Waals surface area contributed by atoms with Crippen molar-refractivity contribution < 1.29 is 18.9 Å². The largest absolute Gasteiger partial charge is 0.365 e. The average molecular weight is 273 g/mol. The number of hydrogen-bond donors (Lipinski definition) is 0. The van der Waals surface area contributed by atoms with Crippen molar-refractivity contribution in [2.24, 2.45) is 5.92 Å². The van der Waals surface area contributed by atoms with Crippen molar-refractivity contribution in [2.75, 3.05) is 13.2 Å². The van der Waals surface area contributed by atoms with E-state index in [0.29, 0.717) is 19.6 Å². The summed E-state index contributed by atoms with van der Waals surface area (Å²) in [7, 11) is -1.76. The summed E-state index contributed by atoms with van der Waals surface area (Å²) in [4.78, 5) is 17.7. The third-order valence-corrected chi connectivity index (χ3v) is 4.22. The standard InChI is InChI=1S/C12H23NO4Si/c1-6-10(14)12(2)11-9(7-15-12)8-16-13(11)17-18(3,4)5/h9,11H,6-8H2,1-5H3. The maximum Gasteiger partial charge on any atom is 0.215 e. The van der Waals surface area contributed by atoms with Gasteiger partial charge in [0.1, 0.15) is 11.6 Å². The summed E-state index contributed by atoms with van der Waals surface area (Å²) in [6, 6.07) is -0.114. The molecule has 2 fully saturated rings. The van der Waals surface area contributed by atoms with E-state index in [2.05, 4.69) is 19.6 Å². The number of hydrogen-bond acceptors (Lipinski definition) is 5. The number of ketones is 1. The Labute approximate surface area is 109 Å². The van der Waals surface area contributed by atoms with Gasteiger partial charge in [0.15, 0.2) is 5.78 Å². The molecule has 0 spiro atoms. The summed E-state index contributed by atoms with van der Waals surface area (Å²) in [5.74, 6) is 0.339. The summed E-state index contributed by atoms with van der Waals surface area (Å²) < 4.78 is 11.7. The van der Waals surface area contributed by atoms with Gasteiger partial charge in [-0.05, 0) is 26.6 Å². The number of hydroxylamine groups is 2. The molecular weight excluding hydrogens is 250 g/mol. The lowest BCUT2D eigenvalue weighted by atomic mass is 9.86. The normalized spacial score (nSPS) is 36.9. The molecule has 0 aromatic rings. The number of Topliss-reactive ketones (excluding diaryl/α,β-unsaturated/α-hetero) is 1. The van der Waals surface area contributed by atoms with Crippen molar-refractivity contribution in [3.8, 4) is 0 Å². The number of ether oxygens (including phenoxy) is 1. The highest BCUT2D eigenvalue weighted by molar-refractivity contribution is 6.69. The van der Waals surface area contributed by atoms with Gasteiger partial charge in [-0.25, -0.2) is 0 Å². The Kier molecular flexibility index (Phi) is 3.68. The van der Waals surface area contributed by atoms with Crippen molar-refractivity contribution in [3.05, 3.63) is 0 Å². The minimum Gasteiger partial charge on any atom is -0.365 e. The van der Waals surface area contributed by atoms with E-state index >= 15 is 0 Å². The number of fused-ring (bicyclic) bond motifs is 1. The van der Waals surface area contributed by atoms with Gasteiger partial charge in [-0.1, -0.05) is 12.2 Å². The Bertz CT molecular complexity index is 343. The van der Waals surface area contributed by atoms with E-state index in [1.807, 2.05) is 13.8 Å². The van der Waals surface area contributed by atoms with Crippen molar-refractivity contribution in [3.63, 3.8) is 0 Å². The van der Waals surface area contributed by atoms with E-state index in [-0.39, 0.29) is 17.7 Å². The summed E-state index contributed by atoms with van der Waals surface area (Å²) in [5.41, 5.74) is -0.796. The quantitative estimate of drug-likeness (QED) is 0.730. The molecule has 0 aliphatic carbocycles. The fourth-order valence-electron chi connectivity index (χ4n) is 2.62. The van der Waals surface area contributed by atoms with Crippen LogP contribution in [-0.2, 0) is 18.9 Å². The van der Waals surface area contributed by atoms with Gasteiger partial charge in [-0.2, -0.15) is 0 Å². The van der Waals surface area contributed by atoms with Gasteiger partial charge < -0.3 is 9.26 Å². The van der Waals surface area contributed by atoms with Crippen LogP contribution in [0, 0.1) is 5.92 Å². The Balaban J connectivity index is 2.19. The lowest BCUT2D eigenvalue weighted by molar-refractivity contribution is -0.325. The lowest BCUT2D eigenvalue weighted by Gasteiger charge is -2.35. The fraction of sp³-hybridized carbons (Fsp3) is 0.917. The average Bonchev–Trinajstić information content (AvgIpc) is 2.79. The zero-order valence-electron chi connectivity index (χ0n) is 11.9. The van der Waals surface area contributed by atoms with Crippen molar-refractivity contribution in [1.82, 2.24) is 5.23 Å². The first-order valence-corrected chi connectivity index (χ1v) is 9.97. The Morgan fingerprint density at radius 2 is 2.11 bits per heavy atom. The third kappa shape index (κ3) is 2.40. The van der Waals surface area contributed by atoms with Crippen molar-refractivity contribution in [2.45, 2.75) is 51.6 Å². The monoisotopic (exact) mass is 273 g/mol. The summed E-state index contributed by atoms with van der Waals surface area (Å²) in [6.07, 6.45) is 0.473. The van der Waals surface area contributed by atoms with Crippen LogP contribution in [0.25, 0.3) is 0 Å². The first-order chi connectivity index (χ1) is 8.28. The molecule has 3 unspecified atom stereocenters. The molecule has 0 aromatic heterocycles. The zero-order chi connectivity index (χ0) is 13.6. The van der Waals surface area contributed by atoms with Crippen LogP contribution < -0.4 is 0 Å². The molecule has 18 heavy (non-hydrogen) atoms. The van der Waals surface area contributed by atoms with E-state index in [1.54, 1.807) is 5.23 Å². The summed E-state index contributed by atoms with van der Waals surface area (Å²) in [6.45, 7) is 11.2. The molecule has 5 nitrogen and oxygen atoms in total. The molecule has 0 aromatic carbocycles. The van der Waals surface area contributed by atoms with Crippen LogP contribution in [0.1, 0.15) is 20.3 Å². The lowest BCUT2D eigenvalue weighted by Crippen LogP contribution is -2.53. The molecule has 3 atom stereocenters. The first kappa shape index (κ1) is 14.1. The maximum absolute atomic E-state index is 12.1. The van der Waals surface area contributed by atoms with Crippen LogP contribution in [0.3, 0.4) is 0 Å². The van der Waals surface area contributed by atoms with Gasteiger partial charge in [0.2, 0.25) is 8.32 Å². The van der Waals surface area contributed by atoms with Gasteiger partial charge in [-0.3, -0.25) is 9.63 Å².